The molecular formula is C25H34. The van der Waals surface area contributed by atoms with E-state index in [1.807, 2.05) is 0 Å². The van der Waals surface area contributed by atoms with Crippen LogP contribution in [0.5, 0.6) is 0 Å². The van der Waals surface area contributed by atoms with Gasteiger partial charge >= 0.3 is 0 Å². The van der Waals surface area contributed by atoms with Crippen LogP contribution < -0.4 is 0 Å². The molecule has 0 N–H and O–H groups in total. The van der Waals surface area contributed by atoms with E-state index in [2.05, 4.69) is 69.3 Å². The topological polar surface area (TPSA) is 0 Å². The summed E-state index contributed by atoms with van der Waals surface area (Å²) in [5.41, 5.74) is 6.52. The van der Waals surface area contributed by atoms with E-state index in [1.54, 1.807) is 22.3 Å². The summed E-state index contributed by atoms with van der Waals surface area (Å²) >= 11 is 0. The third-order valence-corrected chi connectivity index (χ3v) is 6.48. The summed E-state index contributed by atoms with van der Waals surface area (Å²) < 4.78 is 0. The van der Waals surface area contributed by atoms with E-state index in [9.17, 15) is 0 Å². The van der Waals surface area contributed by atoms with E-state index in [-0.39, 0.29) is 5.41 Å². The van der Waals surface area contributed by atoms with E-state index in [1.165, 1.54) is 38.5 Å². The largest absolute Gasteiger partial charge is 0.0654 e. The number of benzene rings is 2. The maximum absolute atomic E-state index is 2.42. The van der Waals surface area contributed by atoms with Crippen LogP contribution in [0.2, 0.25) is 0 Å². The zero-order chi connectivity index (χ0) is 17.7. The molecule has 3 rings (SSSR count). The molecule has 1 saturated carbocycles. The van der Waals surface area contributed by atoms with Crippen molar-refractivity contribution in [2.75, 3.05) is 0 Å². The highest BCUT2D eigenvalue weighted by Gasteiger charge is 2.40. The third-order valence-electron chi connectivity index (χ3n) is 6.48. The van der Waals surface area contributed by atoms with E-state index in [0.717, 1.165) is 18.8 Å². The second-order valence-electron chi connectivity index (χ2n) is 7.84. The van der Waals surface area contributed by atoms with Crippen LogP contribution in [0.3, 0.4) is 0 Å². The van der Waals surface area contributed by atoms with E-state index < -0.39 is 0 Å². The lowest BCUT2D eigenvalue weighted by Gasteiger charge is -2.43. The molecule has 0 heterocycles. The predicted molar refractivity (Wildman–Crippen MR) is 109 cm³/mol. The lowest BCUT2D eigenvalue weighted by Crippen LogP contribution is -2.35. The van der Waals surface area contributed by atoms with Gasteiger partial charge in [-0.1, -0.05) is 82.1 Å². The van der Waals surface area contributed by atoms with E-state index in [0.29, 0.717) is 0 Å². The molecule has 0 spiro atoms. The van der Waals surface area contributed by atoms with Gasteiger partial charge in [0, 0.05) is 5.41 Å². The van der Waals surface area contributed by atoms with Gasteiger partial charge in [-0.2, -0.15) is 0 Å². The second kappa shape index (κ2) is 8.21. The molecular weight excluding hydrogens is 300 g/mol. The van der Waals surface area contributed by atoms with Crippen molar-refractivity contribution in [1.29, 1.82) is 0 Å². The van der Waals surface area contributed by atoms with Gasteiger partial charge in [-0.15, -0.1) is 0 Å². The molecule has 0 atom stereocenters. The second-order valence-corrected chi connectivity index (χ2v) is 7.84. The molecule has 0 radical (unpaired) electrons. The maximum Gasteiger partial charge on any atom is 0.0208 e. The molecule has 0 aromatic heterocycles. The number of hydrogen-bond donors (Lipinski definition) is 0. The molecule has 2 aromatic rings. The lowest BCUT2D eigenvalue weighted by molar-refractivity contribution is 0.252. The van der Waals surface area contributed by atoms with E-state index >= 15 is 0 Å². The SMILES string of the molecule is CCCC1CCC(c2ccccc2CC)(c2ccccc2CC)CC1. The van der Waals surface area contributed by atoms with Gasteiger partial charge in [0.15, 0.2) is 0 Å². The summed E-state index contributed by atoms with van der Waals surface area (Å²) in [4.78, 5) is 0. The molecule has 0 heteroatoms. The Labute approximate surface area is 154 Å². The fraction of sp³-hybridized carbons (Fsp3) is 0.520. The highest BCUT2D eigenvalue weighted by Crippen LogP contribution is 2.49. The first-order valence-electron chi connectivity index (χ1n) is 10.4. The first kappa shape index (κ1) is 18.2. The Morgan fingerprint density at radius 2 is 1.24 bits per heavy atom. The quantitative estimate of drug-likeness (QED) is 0.529. The van der Waals surface area contributed by atoms with Gasteiger partial charge in [0.1, 0.15) is 0 Å². The third kappa shape index (κ3) is 3.54. The zero-order valence-corrected chi connectivity index (χ0v) is 16.4. The Balaban J connectivity index is 2.10. The Morgan fingerprint density at radius 3 is 1.68 bits per heavy atom. The summed E-state index contributed by atoms with van der Waals surface area (Å²) in [5.74, 6) is 0.931. The van der Waals surface area contributed by atoms with Crippen LogP contribution in [0.25, 0.3) is 0 Å². The molecule has 2 aromatic carbocycles. The van der Waals surface area contributed by atoms with Crippen molar-refractivity contribution in [2.24, 2.45) is 5.92 Å². The normalized spacial score (nSPS) is 17.6. The standard InChI is InChI=1S/C25H34/c1-4-11-20-16-18-25(19-17-20,23-14-9-7-12-21(23)5-2)24-15-10-8-13-22(24)6-3/h7-10,12-15,20H,4-6,11,16-19H2,1-3H3. The van der Waals surface area contributed by atoms with E-state index in [4.69, 9.17) is 0 Å². The Bertz CT molecular complexity index is 624. The smallest absolute Gasteiger partial charge is 0.0208 e. The predicted octanol–water partition coefficient (Wildman–Crippen LogP) is 7.09. The first-order chi connectivity index (χ1) is 12.2. The average molecular weight is 335 g/mol. The van der Waals surface area contributed by atoms with Crippen LogP contribution in [-0.2, 0) is 18.3 Å². The van der Waals surface area contributed by atoms with Crippen LogP contribution >= 0.6 is 0 Å². The molecule has 0 unspecified atom stereocenters. The van der Waals surface area contributed by atoms with Crippen molar-refractivity contribution in [1.82, 2.24) is 0 Å². The number of rotatable bonds is 6. The van der Waals surface area contributed by atoms with Gasteiger partial charge < -0.3 is 0 Å². The minimum atomic E-state index is 0.226. The number of hydrogen-bond acceptors (Lipinski definition) is 0. The van der Waals surface area contributed by atoms with Crippen molar-refractivity contribution >= 4 is 0 Å². The van der Waals surface area contributed by atoms with Crippen LogP contribution in [0.1, 0.15) is 81.5 Å². The highest BCUT2D eigenvalue weighted by molar-refractivity contribution is 5.47. The lowest BCUT2D eigenvalue weighted by atomic mass is 9.60. The summed E-state index contributed by atoms with van der Waals surface area (Å²) in [5, 5.41) is 0. The molecule has 0 amide bonds. The molecule has 134 valence electrons. The minimum Gasteiger partial charge on any atom is -0.0654 e. The van der Waals surface area contributed by atoms with Gasteiger partial charge in [-0.3, -0.25) is 0 Å². The summed E-state index contributed by atoms with van der Waals surface area (Å²) in [6.45, 7) is 6.95. The minimum absolute atomic E-state index is 0.226. The molecule has 25 heavy (non-hydrogen) atoms. The summed E-state index contributed by atoms with van der Waals surface area (Å²) in [6.07, 6.45) is 10.4. The van der Waals surface area contributed by atoms with Crippen LogP contribution in [-0.4, -0.2) is 0 Å². The van der Waals surface area contributed by atoms with Crippen LogP contribution in [0, 0.1) is 5.92 Å². The molecule has 0 bridgehead atoms. The van der Waals surface area contributed by atoms with Crippen molar-refractivity contribution < 1.29 is 0 Å². The molecule has 0 nitrogen and oxygen atoms in total. The fourth-order valence-electron chi connectivity index (χ4n) is 5.14. The monoisotopic (exact) mass is 334 g/mol. The molecule has 1 fully saturated rings. The Hall–Kier alpha value is -1.56. The van der Waals surface area contributed by atoms with Crippen molar-refractivity contribution in [3.63, 3.8) is 0 Å². The first-order valence-corrected chi connectivity index (χ1v) is 10.4. The van der Waals surface area contributed by atoms with Crippen molar-refractivity contribution in [2.45, 2.75) is 77.6 Å². The van der Waals surface area contributed by atoms with Gasteiger partial charge in [0.25, 0.3) is 0 Å². The summed E-state index contributed by atoms with van der Waals surface area (Å²) in [6, 6.07) is 18.5. The molecule has 0 aliphatic heterocycles. The van der Waals surface area contributed by atoms with Crippen molar-refractivity contribution in [3.8, 4) is 0 Å². The van der Waals surface area contributed by atoms with Crippen LogP contribution in [0.4, 0.5) is 0 Å². The maximum atomic E-state index is 2.42. The average Bonchev–Trinajstić information content (AvgIpc) is 2.69. The number of aryl methyl sites for hydroxylation is 2. The van der Waals surface area contributed by atoms with Gasteiger partial charge in [0.2, 0.25) is 0 Å². The van der Waals surface area contributed by atoms with Gasteiger partial charge in [-0.25, -0.2) is 0 Å². The zero-order valence-electron chi connectivity index (χ0n) is 16.4. The highest BCUT2D eigenvalue weighted by atomic mass is 14.4. The molecule has 1 aliphatic carbocycles. The Kier molecular flexibility index (Phi) is 5.99. The fourth-order valence-corrected chi connectivity index (χ4v) is 5.14. The summed E-state index contributed by atoms with van der Waals surface area (Å²) in [7, 11) is 0. The van der Waals surface area contributed by atoms with Gasteiger partial charge in [-0.05, 0) is 66.7 Å². The van der Waals surface area contributed by atoms with Gasteiger partial charge in [0.05, 0.1) is 0 Å². The Morgan fingerprint density at radius 1 is 0.760 bits per heavy atom. The van der Waals surface area contributed by atoms with Crippen molar-refractivity contribution in [3.05, 3.63) is 70.8 Å². The molecule has 1 aliphatic rings. The molecule has 0 saturated heterocycles. The van der Waals surface area contributed by atoms with Crippen LogP contribution in [0.15, 0.2) is 48.5 Å².